The maximum Gasteiger partial charge on any atom is 0.260 e. The molecule has 0 fully saturated rings. The van der Waals surface area contributed by atoms with E-state index in [-0.39, 0.29) is 5.91 Å². The molecule has 0 atom stereocenters. The minimum Gasteiger partial charge on any atom is -0.497 e. The Morgan fingerprint density at radius 1 is 1.38 bits per heavy atom. The number of pyridine rings is 1. The number of aromatic nitrogens is 1. The van der Waals surface area contributed by atoms with Crippen molar-refractivity contribution in [3.63, 3.8) is 0 Å². The van der Waals surface area contributed by atoms with Gasteiger partial charge in [-0.05, 0) is 25.1 Å². The van der Waals surface area contributed by atoms with E-state index in [1.165, 1.54) is 0 Å². The summed E-state index contributed by atoms with van der Waals surface area (Å²) in [4.78, 5) is 18.3. The van der Waals surface area contributed by atoms with E-state index >= 15 is 0 Å². The third kappa shape index (κ3) is 3.31. The monoisotopic (exact) mass is 285 g/mol. The van der Waals surface area contributed by atoms with Gasteiger partial charge in [0, 0.05) is 31.5 Å². The van der Waals surface area contributed by atoms with E-state index in [9.17, 15) is 4.79 Å². The summed E-state index contributed by atoms with van der Waals surface area (Å²) < 4.78 is 5.19. The predicted molar refractivity (Wildman–Crippen MR) is 84.1 cm³/mol. The van der Waals surface area contributed by atoms with Crippen LogP contribution in [0.1, 0.15) is 17.3 Å². The Balaban J connectivity index is 2.30. The van der Waals surface area contributed by atoms with Crippen molar-refractivity contribution in [1.82, 2.24) is 4.98 Å². The van der Waals surface area contributed by atoms with Gasteiger partial charge in [0.15, 0.2) is 0 Å². The van der Waals surface area contributed by atoms with Gasteiger partial charge in [-0.25, -0.2) is 0 Å². The first-order valence-corrected chi connectivity index (χ1v) is 6.77. The number of carbonyl (C=O) groups excluding carboxylic acids is 1. The molecule has 0 aliphatic carbocycles. The zero-order valence-electron chi connectivity index (χ0n) is 12.5. The third-order valence-corrected chi connectivity index (χ3v) is 3.16. The molecule has 0 radical (unpaired) electrons. The highest BCUT2D eigenvalue weighted by Gasteiger charge is 2.17. The second-order valence-corrected chi connectivity index (χ2v) is 4.52. The molecular formula is C16H19N3O2. The lowest BCUT2D eigenvalue weighted by molar-refractivity contribution is 0.0993. The van der Waals surface area contributed by atoms with Crippen molar-refractivity contribution < 1.29 is 9.53 Å². The Kier molecular flexibility index (Phi) is 4.77. The van der Waals surface area contributed by atoms with Crippen LogP contribution in [0.2, 0.25) is 0 Å². The predicted octanol–water partition coefficient (Wildman–Crippen LogP) is 2.80. The molecule has 21 heavy (non-hydrogen) atoms. The fourth-order valence-corrected chi connectivity index (χ4v) is 2.03. The molecule has 2 rings (SSSR count). The van der Waals surface area contributed by atoms with E-state index in [1.54, 1.807) is 37.5 Å². The molecule has 1 aromatic heterocycles. The molecule has 0 unspecified atom stereocenters. The number of rotatable bonds is 5. The van der Waals surface area contributed by atoms with Gasteiger partial charge in [0.2, 0.25) is 0 Å². The fourth-order valence-electron chi connectivity index (χ4n) is 2.03. The van der Waals surface area contributed by atoms with Crippen LogP contribution in [0.15, 0.2) is 42.7 Å². The average Bonchev–Trinajstić information content (AvgIpc) is 2.54. The molecule has 1 aromatic carbocycles. The van der Waals surface area contributed by atoms with Gasteiger partial charge < -0.3 is 15.0 Å². The zero-order chi connectivity index (χ0) is 15.2. The Labute approximate surface area is 124 Å². The average molecular weight is 285 g/mol. The second kappa shape index (κ2) is 6.74. The first-order valence-electron chi connectivity index (χ1n) is 6.77. The quantitative estimate of drug-likeness (QED) is 0.917. The Morgan fingerprint density at radius 2 is 2.19 bits per heavy atom. The summed E-state index contributed by atoms with van der Waals surface area (Å²) in [5, 5.41) is 3.15. The number of hydrogen-bond acceptors (Lipinski definition) is 4. The second-order valence-electron chi connectivity index (χ2n) is 4.52. The number of nitrogens with zero attached hydrogens (tertiary/aromatic N) is 2. The summed E-state index contributed by atoms with van der Waals surface area (Å²) in [6.45, 7) is 2.71. The van der Waals surface area contributed by atoms with Crippen molar-refractivity contribution in [1.29, 1.82) is 0 Å². The molecule has 5 heteroatoms. The van der Waals surface area contributed by atoms with Crippen LogP contribution in [0.4, 0.5) is 11.4 Å². The summed E-state index contributed by atoms with van der Waals surface area (Å²) in [6, 6.07) is 9.12. The maximum absolute atomic E-state index is 12.7. The Bertz CT molecular complexity index is 628. The van der Waals surface area contributed by atoms with Crippen LogP contribution >= 0.6 is 0 Å². The molecule has 5 nitrogen and oxygen atoms in total. The molecule has 0 bridgehead atoms. The standard InChI is InChI=1S/C16H19N3O2/c1-4-18-15-11-17-9-8-14(15)16(20)19(2)12-6-5-7-13(10-12)21-3/h5-11,18H,4H2,1-3H3. The van der Waals surface area contributed by atoms with Crippen LogP contribution in [0.25, 0.3) is 0 Å². The van der Waals surface area contributed by atoms with E-state index in [1.807, 2.05) is 31.2 Å². The number of benzene rings is 1. The minimum atomic E-state index is -0.0957. The van der Waals surface area contributed by atoms with Gasteiger partial charge in [0.1, 0.15) is 5.75 Å². The van der Waals surface area contributed by atoms with Crippen molar-refractivity contribution in [2.45, 2.75) is 6.92 Å². The van der Waals surface area contributed by atoms with Crippen LogP contribution in [0.5, 0.6) is 5.75 Å². The number of amides is 1. The highest BCUT2D eigenvalue weighted by molar-refractivity contribution is 6.09. The lowest BCUT2D eigenvalue weighted by Crippen LogP contribution is -2.27. The summed E-state index contributed by atoms with van der Waals surface area (Å²) in [7, 11) is 3.35. The summed E-state index contributed by atoms with van der Waals surface area (Å²) in [5.41, 5.74) is 2.11. The molecule has 1 amide bonds. The normalized spacial score (nSPS) is 10.0. The number of carbonyl (C=O) groups is 1. The minimum absolute atomic E-state index is 0.0957. The van der Waals surface area contributed by atoms with E-state index in [0.717, 1.165) is 17.9 Å². The van der Waals surface area contributed by atoms with Gasteiger partial charge in [0.05, 0.1) is 24.6 Å². The van der Waals surface area contributed by atoms with Gasteiger partial charge >= 0.3 is 0 Å². The lowest BCUT2D eigenvalue weighted by Gasteiger charge is -2.19. The molecule has 0 saturated heterocycles. The van der Waals surface area contributed by atoms with Crippen molar-refractivity contribution in [3.8, 4) is 5.75 Å². The van der Waals surface area contributed by atoms with E-state index in [4.69, 9.17) is 4.74 Å². The molecule has 0 saturated carbocycles. The molecule has 2 aromatic rings. The first-order chi connectivity index (χ1) is 10.2. The van der Waals surface area contributed by atoms with Gasteiger partial charge in [-0.2, -0.15) is 0 Å². The van der Waals surface area contributed by atoms with E-state index in [2.05, 4.69) is 10.3 Å². The lowest BCUT2D eigenvalue weighted by atomic mass is 10.2. The number of ether oxygens (including phenoxy) is 1. The van der Waals surface area contributed by atoms with Crippen LogP contribution < -0.4 is 15.0 Å². The molecular weight excluding hydrogens is 266 g/mol. The molecule has 0 aliphatic rings. The van der Waals surface area contributed by atoms with Crippen LogP contribution in [-0.4, -0.2) is 31.6 Å². The first kappa shape index (κ1) is 14.8. The van der Waals surface area contributed by atoms with E-state index in [0.29, 0.717) is 11.3 Å². The van der Waals surface area contributed by atoms with Crippen molar-refractivity contribution >= 4 is 17.3 Å². The van der Waals surface area contributed by atoms with Crippen molar-refractivity contribution in [2.24, 2.45) is 0 Å². The van der Waals surface area contributed by atoms with Crippen molar-refractivity contribution in [2.75, 3.05) is 30.9 Å². The molecule has 1 heterocycles. The van der Waals surface area contributed by atoms with Gasteiger partial charge in [-0.3, -0.25) is 9.78 Å². The fraction of sp³-hybridized carbons (Fsp3) is 0.250. The Morgan fingerprint density at radius 3 is 2.90 bits per heavy atom. The summed E-state index contributed by atoms with van der Waals surface area (Å²) in [6.07, 6.45) is 3.28. The molecule has 110 valence electrons. The van der Waals surface area contributed by atoms with Gasteiger partial charge in [0.25, 0.3) is 5.91 Å². The molecule has 1 N–H and O–H groups in total. The van der Waals surface area contributed by atoms with Gasteiger partial charge in [-0.1, -0.05) is 6.07 Å². The largest absolute Gasteiger partial charge is 0.497 e. The van der Waals surface area contributed by atoms with E-state index < -0.39 is 0 Å². The number of nitrogens with one attached hydrogen (secondary N) is 1. The zero-order valence-corrected chi connectivity index (χ0v) is 12.5. The topological polar surface area (TPSA) is 54.5 Å². The Hall–Kier alpha value is -2.56. The number of anilines is 2. The highest BCUT2D eigenvalue weighted by atomic mass is 16.5. The maximum atomic E-state index is 12.7. The van der Waals surface area contributed by atoms with Crippen molar-refractivity contribution in [3.05, 3.63) is 48.3 Å². The third-order valence-electron chi connectivity index (χ3n) is 3.16. The van der Waals surface area contributed by atoms with Crippen LogP contribution in [-0.2, 0) is 0 Å². The van der Waals surface area contributed by atoms with Crippen LogP contribution in [0.3, 0.4) is 0 Å². The smallest absolute Gasteiger partial charge is 0.260 e. The SMILES string of the molecule is CCNc1cnccc1C(=O)N(C)c1cccc(OC)c1. The summed E-state index contributed by atoms with van der Waals surface area (Å²) in [5.74, 6) is 0.621. The van der Waals surface area contributed by atoms with Crippen LogP contribution in [0, 0.1) is 0 Å². The number of methoxy groups -OCH3 is 1. The summed E-state index contributed by atoms with van der Waals surface area (Å²) >= 11 is 0. The molecule has 0 aliphatic heterocycles. The van der Waals surface area contributed by atoms with Gasteiger partial charge in [-0.15, -0.1) is 0 Å². The number of hydrogen-bond donors (Lipinski definition) is 1. The highest BCUT2D eigenvalue weighted by Crippen LogP contribution is 2.23. The molecule has 0 spiro atoms.